The normalized spacial score (nSPS) is 9.50. The first-order valence-corrected chi connectivity index (χ1v) is 4.12. The molecule has 0 aliphatic rings. The summed E-state index contributed by atoms with van der Waals surface area (Å²) in [6.45, 7) is 0.169. The number of hydrogen-bond donors (Lipinski definition) is 1. The van der Waals surface area contributed by atoms with Crippen molar-refractivity contribution in [1.82, 2.24) is 0 Å². The molecule has 0 N–H and O–H groups in total. The summed E-state index contributed by atoms with van der Waals surface area (Å²) < 4.78 is 4.65. The van der Waals surface area contributed by atoms with Crippen molar-refractivity contribution in [3.8, 4) is 0 Å². The van der Waals surface area contributed by atoms with E-state index in [0.717, 1.165) is 5.56 Å². The van der Waals surface area contributed by atoms with Gasteiger partial charge in [0.25, 0.3) is 0 Å². The quantitative estimate of drug-likeness (QED) is 0.590. The Morgan fingerprint density at radius 3 is 2.75 bits per heavy atom. The summed E-state index contributed by atoms with van der Waals surface area (Å²) in [5, 5.41) is -0.0120. The van der Waals surface area contributed by atoms with E-state index in [0.29, 0.717) is 5.02 Å². The van der Waals surface area contributed by atoms with E-state index in [4.69, 9.17) is 11.6 Å². The molecule has 12 heavy (non-hydrogen) atoms. The minimum atomic E-state index is -0.602. The van der Waals surface area contributed by atoms with Gasteiger partial charge in [-0.05, 0) is 6.07 Å². The van der Waals surface area contributed by atoms with Crippen molar-refractivity contribution in [2.24, 2.45) is 0 Å². The molecule has 1 aromatic rings. The third-order valence-electron chi connectivity index (χ3n) is 1.31. The second-order valence-corrected chi connectivity index (χ2v) is 2.92. The van der Waals surface area contributed by atoms with Crippen LogP contribution in [-0.4, -0.2) is 5.30 Å². The molecule has 0 atom stereocenters. The van der Waals surface area contributed by atoms with Gasteiger partial charge in [0.2, 0.25) is 0 Å². The van der Waals surface area contributed by atoms with Crippen molar-refractivity contribution < 1.29 is 9.53 Å². The van der Waals surface area contributed by atoms with E-state index in [-0.39, 0.29) is 6.61 Å². The molecule has 64 valence electrons. The van der Waals surface area contributed by atoms with Gasteiger partial charge in [-0.2, -0.15) is 0 Å². The Hall–Kier alpha value is -0.670. The van der Waals surface area contributed by atoms with Crippen LogP contribution in [0.5, 0.6) is 0 Å². The van der Waals surface area contributed by atoms with Gasteiger partial charge >= 0.3 is 5.30 Å². The first kappa shape index (κ1) is 9.42. The lowest BCUT2D eigenvalue weighted by Gasteiger charge is -2.02. The van der Waals surface area contributed by atoms with Crippen molar-refractivity contribution in [2.45, 2.75) is 6.61 Å². The molecule has 0 saturated carbocycles. The minimum absolute atomic E-state index is 0.169. The highest BCUT2D eigenvalue weighted by atomic mass is 35.5. The Bertz CT molecular complexity index is 288. The summed E-state index contributed by atoms with van der Waals surface area (Å²) in [6, 6.07) is 7.17. The van der Waals surface area contributed by atoms with Crippen LogP contribution in [0.1, 0.15) is 5.56 Å². The lowest BCUT2D eigenvalue weighted by atomic mass is 10.2. The molecule has 0 bridgehead atoms. The van der Waals surface area contributed by atoms with Gasteiger partial charge in [0.05, 0.1) is 0 Å². The maximum absolute atomic E-state index is 10.3. The molecule has 0 aromatic heterocycles. The molecule has 0 aliphatic heterocycles. The molecule has 2 nitrogen and oxygen atoms in total. The van der Waals surface area contributed by atoms with Crippen molar-refractivity contribution in [2.75, 3.05) is 0 Å². The molecule has 0 radical (unpaired) electrons. The van der Waals surface area contributed by atoms with Crippen molar-refractivity contribution in [3.63, 3.8) is 0 Å². The highest BCUT2D eigenvalue weighted by Crippen LogP contribution is 2.15. The average molecular weight is 203 g/mol. The molecule has 0 fully saturated rings. The van der Waals surface area contributed by atoms with Gasteiger partial charge in [-0.1, -0.05) is 42.4 Å². The van der Waals surface area contributed by atoms with E-state index < -0.39 is 5.30 Å². The predicted octanol–water partition coefficient (Wildman–Crippen LogP) is 2.91. The van der Waals surface area contributed by atoms with E-state index in [1.807, 2.05) is 12.1 Å². The Kier molecular flexibility index (Phi) is 3.44. The fraction of sp³-hybridized carbons (Fsp3) is 0.125. The molecule has 0 aliphatic carbocycles. The van der Waals surface area contributed by atoms with Crippen LogP contribution in [0.4, 0.5) is 4.79 Å². The fourth-order valence-corrected chi connectivity index (χ4v) is 1.01. The summed E-state index contributed by atoms with van der Waals surface area (Å²) in [7, 11) is 0. The topological polar surface area (TPSA) is 26.3 Å². The van der Waals surface area contributed by atoms with Crippen LogP contribution in [0.2, 0.25) is 5.02 Å². The van der Waals surface area contributed by atoms with Crippen molar-refractivity contribution >= 4 is 29.5 Å². The number of hydrogen-bond acceptors (Lipinski definition) is 2. The molecule has 0 unspecified atom stereocenters. The Morgan fingerprint density at radius 1 is 1.50 bits per heavy atom. The molecule has 4 heteroatoms. The van der Waals surface area contributed by atoms with Gasteiger partial charge < -0.3 is 4.74 Å². The van der Waals surface area contributed by atoms with E-state index in [2.05, 4.69) is 17.4 Å². The van der Waals surface area contributed by atoms with E-state index in [1.54, 1.807) is 12.1 Å². The van der Waals surface area contributed by atoms with Gasteiger partial charge in [-0.25, -0.2) is 4.79 Å². The lowest BCUT2D eigenvalue weighted by molar-refractivity contribution is 0.169. The summed E-state index contributed by atoms with van der Waals surface area (Å²) >= 11 is 9.25. The first-order chi connectivity index (χ1) is 5.70. The molecule has 0 heterocycles. The number of carbonyl (C=O) groups excluding carboxylic acids is 1. The number of ether oxygens (including phenoxy) is 1. The highest BCUT2D eigenvalue weighted by Gasteiger charge is 2.00. The largest absolute Gasteiger partial charge is 0.453 e. The van der Waals surface area contributed by atoms with Gasteiger partial charge in [0.15, 0.2) is 0 Å². The summed E-state index contributed by atoms with van der Waals surface area (Å²) in [4.78, 5) is 10.3. The van der Waals surface area contributed by atoms with Crippen LogP contribution < -0.4 is 0 Å². The van der Waals surface area contributed by atoms with E-state index in [1.165, 1.54) is 0 Å². The van der Waals surface area contributed by atoms with Gasteiger partial charge in [0, 0.05) is 10.6 Å². The van der Waals surface area contributed by atoms with Crippen LogP contribution >= 0.6 is 24.2 Å². The monoisotopic (exact) mass is 202 g/mol. The third-order valence-corrected chi connectivity index (χ3v) is 1.81. The Labute approximate surface area is 80.9 Å². The van der Waals surface area contributed by atoms with Crippen LogP contribution in [0.3, 0.4) is 0 Å². The molecule has 0 amide bonds. The van der Waals surface area contributed by atoms with Crippen LogP contribution in [0.25, 0.3) is 0 Å². The predicted molar refractivity (Wildman–Crippen MR) is 50.6 cm³/mol. The molecular weight excluding hydrogens is 196 g/mol. The van der Waals surface area contributed by atoms with Crippen LogP contribution in [0, 0.1) is 0 Å². The molecule has 1 aromatic carbocycles. The zero-order valence-electron chi connectivity index (χ0n) is 6.16. The highest BCUT2D eigenvalue weighted by molar-refractivity contribution is 7.96. The standard InChI is InChI=1S/C8H7ClO2S/c9-7-4-2-1-3-6(7)5-11-8(10)12/h1-4H,5H2,(H,10,12). The molecule has 0 saturated heterocycles. The average Bonchev–Trinajstić information content (AvgIpc) is 2.03. The number of carbonyl (C=O) groups is 1. The van der Waals surface area contributed by atoms with Crippen LogP contribution in [0.15, 0.2) is 24.3 Å². The van der Waals surface area contributed by atoms with E-state index in [9.17, 15) is 4.79 Å². The minimum Gasteiger partial charge on any atom is -0.453 e. The Morgan fingerprint density at radius 2 is 2.17 bits per heavy atom. The number of thiol groups is 1. The fourth-order valence-electron chi connectivity index (χ4n) is 0.755. The number of rotatable bonds is 2. The molecule has 0 spiro atoms. The summed E-state index contributed by atoms with van der Waals surface area (Å²) in [5.74, 6) is 0. The lowest BCUT2D eigenvalue weighted by Crippen LogP contribution is -1.95. The summed E-state index contributed by atoms with van der Waals surface area (Å²) in [6.07, 6.45) is 0. The third kappa shape index (κ3) is 2.75. The SMILES string of the molecule is O=C(S)OCc1ccccc1Cl. The van der Waals surface area contributed by atoms with Gasteiger partial charge in [0.1, 0.15) is 6.61 Å². The second-order valence-electron chi connectivity index (χ2n) is 2.15. The first-order valence-electron chi connectivity index (χ1n) is 3.29. The van der Waals surface area contributed by atoms with Gasteiger partial charge in [-0.3, -0.25) is 0 Å². The molecular formula is C8H7ClO2S. The zero-order valence-corrected chi connectivity index (χ0v) is 7.81. The number of halogens is 1. The molecule has 1 rings (SSSR count). The maximum atomic E-state index is 10.3. The smallest absolute Gasteiger partial charge is 0.364 e. The summed E-state index contributed by atoms with van der Waals surface area (Å²) in [5.41, 5.74) is 0.779. The van der Waals surface area contributed by atoms with Crippen molar-refractivity contribution in [3.05, 3.63) is 34.9 Å². The van der Waals surface area contributed by atoms with Crippen LogP contribution in [-0.2, 0) is 11.3 Å². The maximum Gasteiger partial charge on any atom is 0.364 e. The number of benzene rings is 1. The Balaban J connectivity index is 2.63. The van der Waals surface area contributed by atoms with Crippen molar-refractivity contribution in [1.29, 1.82) is 0 Å². The zero-order chi connectivity index (χ0) is 8.97. The van der Waals surface area contributed by atoms with Gasteiger partial charge in [-0.15, -0.1) is 0 Å². The van der Waals surface area contributed by atoms with E-state index >= 15 is 0 Å². The second kappa shape index (κ2) is 4.38.